The zero-order valence-electron chi connectivity index (χ0n) is 17.0. The molecule has 0 aliphatic carbocycles. The molecule has 4 N–H and O–H groups in total. The monoisotopic (exact) mass is 414 g/mol. The number of aliphatic carboxylic acids is 1. The van der Waals surface area contributed by atoms with Crippen LogP contribution in [0.25, 0.3) is 0 Å². The fourth-order valence-electron chi connectivity index (χ4n) is 4.53. The fourth-order valence-corrected chi connectivity index (χ4v) is 6.04. The van der Waals surface area contributed by atoms with Gasteiger partial charge in [0, 0.05) is 35.1 Å². The molecule has 2 saturated heterocycles. The summed E-state index contributed by atoms with van der Waals surface area (Å²) >= 11 is 1.57. The van der Waals surface area contributed by atoms with Crippen LogP contribution >= 0.6 is 11.8 Å². The van der Waals surface area contributed by atoms with Crippen LogP contribution in [0.2, 0.25) is 0 Å². The van der Waals surface area contributed by atoms with E-state index in [1.54, 1.807) is 18.7 Å². The number of carbonyl (C=O) groups is 2. The molecule has 9 heteroatoms. The van der Waals surface area contributed by atoms with Crippen LogP contribution in [0.3, 0.4) is 0 Å². The molecule has 0 unspecified atom stereocenters. The average molecular weight is 415 g/mol. The lowest BCUT2D eigenvalue weighted by molar-refractivity contribution is -0.909. The van der Waals surface area contributed by atoms with Crippen molar-refractivity contribution >= 4 is 23.6 Å². The summed E-state index contributed by atoms with van der Waals surface area (Å²) in [4.78, 5) is 26.4. The highest BCUT2D eigenvalue weighted by Crippen LogP contribution is 2.51. The minimum absolute atomic E-state index is 0.0857. The first-order chi connectivity index (χ1) is 13.1. The van der Waals surface area contributed by atoms with Crippen LogP contribution in [0.1, 0.15) is 26.7 Å². The number of carboxylic acids is 1. The molecule has 3 heterocycles. The van der Waals surface area contributed by atoms with Crippen LogP contribution in [0.5, 0.6) is 0 Å². The van der Waals surface area contributed by atoms with E-state index in [-0.39, 0.29) is 35.5 Å². The van der Waals surface area contributed by atoms with Gasteiger partial charge >= 0.3 is 5.97 Å². The van der Waals surface area contributed by atoms with Crippen LogP contribution in [0.15, 0.2) is 10.6 Å². The molecule has 3 aliphatic heterocycles. The van der Waals surface area contributed by atoms with E-state index < -0.39 is 18.0 Å². The van der Waals surface area contributed by atoms with Crippen molar-refractivity contribution in [2.75, 3.05) is 33.9 Å². The summed E-state index contributed by atoms with van der Waals surface area (Å²) in [7, 11) is 3.98. The first-order valence-corrected chi connectivity index (χ1v) is 10.8. The van der Waals surface area contributed by atoms with Crippen molar-refractivity contribution in [2.45, 2.75) is 50.1 Å². The second-order valence-electron chi connectivity index (χ2n) is 8.94. The highest BCUT2D eigenvalue weighted by Gasteiger charge is 2.60. The van der Waals surface area contributed by atoms with E-state index in [0.29, 0.717) is 10.5 Å². The van der Waals surface area contributed by atoms with E-state index in [1.807, 2.05) is 21.0 Å². The number of fused-ring (bicyclic) bond motifs is 1. The van der Waals surface area contributed by atoms with Crippen LogP contribution in [0, 0.1) is 11.8 Å². The van der Waals surface area contributed by atoms with Crippen molar-refractivity contribution in [1.82, 2.24) is 10.2 Å². The zero-order valence-corrected chi connectivity index (χ0v) is 17.8. The van der Waals surface area contributed by atoms with Gasteiger partial charge in [0.25, 0.3) is 0 Å². The van der Waals surface area contributed by atoms with Crippen LogP contribution in [-0.4, -0.2) is 93.9 Å². The molecule has 0 aromatic carbocycles. The predicted molar refractivity (Wildman–Crippen MR) is 106 cm³/mol. The molecule has 0 radical (unpaired) electrons. The van der Waals surface area contributed by atoms with Crippen LogP contribution in [-0.2, 0) is 9.59 Å². The Bertz CT molecular complexity index is 680. The van der Waals surface area contributed by atoms with Crippen molar-refractivity contribution in [1.29, 1.82) is 0 Å². The number of hydrogen-bond acceptors (Lipinski definition) is 6. The lowest BCUT2D eigenvalue weighted by Gasteiger charge is -2.46. The predicted octanol–water partition coefficient (Wildman–Crippen LogP) is 0.0201. The number of quaternary nitrogens is 1. The highest BCUT2D eigenvalue weighted by molar-refractivity contribution is 8.03. The molecule has 28 heavy (non-hydrogen) atoms. The number of carbonyl (C=O) groups excluding carboxylic acids is 1. The molecule has 8 nitrogen and oxygen atoms in total. The summed E-state index contributed by atoms with van der Waals surface area (Å²) in [6.45, 7) is 5.32. The number of β-lactam (4-membered cyclic amide) rings is 1. The maximum atomic E-state index is 12.4. The van der Waals surface area contributed by atoms with E-state index in [4.69, 9.17) is 0 Å². The highest BCUT2D eigenvalue weighted by atomic mass is 32.2. The van der Waals surface area contributed by atoms with Gasteiger partial charge in [-0.15, -0.1) is 11.8 Å². The molecular weight excluding hydrogens is 382 g/mol. The third kappa shape index (κ3) is 3.82. The number of carboxylic acid groups (broad SMARTS) is 1. The number of hydrogen-bond donors (Lipinski definition) is 4. The van der Waals surface area contributed by atoms with Crippen molar-refractivity contribution in [3.8, 4) is 0 Å². The van der Waals surface area contributed by atoms with Gasteiger partial charge in [-0.1, -0.05) is 6.92 Å². The summed E-state index contributed by atoms with van der Waals surface area (Å²) in [5.41, 5.74) is 0.103. The van der Waals surface area contributed by atoms with Crippen LogP contribution in [0.4, 0.5) is 0 Å². The SMILES string of the molecule is C[C@@H](O)[C@H]1C(=O)N2C(C(=O)O)=C(S[C@@H]3CN[C@@H](CC[N+](C)(C)CO)C3)[C@H](C)[C@H]12. The normalized spacial score (nSPS) is 33.9. The molecule has 158 valence electrons. The fraction of sp³-hybridized carbons (Fsp3) is 0.789. The second-order valence-corrected chi connectivity index (χ2v) is 10.3. The minimum atomic E-state index is -1.07. The van der Waals surface area contributed by atoms with E-state index >= 15 is 0 Å². The van der Waals surface area contributed by atoms with Gasteiger partial charge in [-0.25, -0.2) is 4.79 Å². The van der Waals surface area contributed by atoms with Gasteiger partial charge in [0.1, 0.15) is 5.70 Å². The quantitative estimate of drug-likeness (QED) is 0.252. The Morgan fingerprint density at radius 3 is 2.68 bits per heavy atom. The molecule has 3 rings (SSSR count). The first-order valence-electron chi connectivity index (χ1n) is 9.89. The zero-order chi connectivity index (χ0) is 20.8. The first kappa shape index (κ1) is 21.6. The Morgan fingerprint density at radius 1 is 1.43 bits per heavy atom. The Hall–Kier alpha value is -1.13. The lowest BCUT2D eigenvalue weighted by atomic mass is 9.79. The van der Waals surface area contributed by atoms with Gasteiger partial charge in [-0.2, -0.15) is 0 Å². The van der Waals surface area contributed by atoms with Gasteiger partial charge < -0.3 is 30.0 Å². The van der Waals surface area contributed by atoms with Gasteiger partial charge in [0.15, 0.2) is 6.73 Å². The van der Waals surface area contributed by atoms with E-state index in [1.165, 1.54) is 4.90 Å². The Morgan fingerprint density at radius 2 is 2.11 bits per heavy atom. The Labute approximate surface area is 170 Å². The number of aliphatic hydroxyl groups is 2. The smallest absolute Gasteiger partial charge is 0.353 e. The summed E-state index contributed by atoms with van der Waals surface area (Å²) in [5.74, 6) is -1.96. The van der Waals surface area contributed by atoms with Gasteiger partial charge in [-0.05, 0) is 13.3 Å². The minimum Gasteiger partial charge on any atom is -0.477 e. The van der Waals surface area contributed by atoms with Crippen molar-refractivity contribution in [2.24, 2.45) is 11.8 Å². The average Bonchev–Trinajstić information content (AvgIpc) is 3.15. The number of amides is 1. The third-order valence-electron chi connectivity index (χ3n) is 6.25. The van der Waals surface area contributed by atoms with Gasteiger partial charge in [0.05, 0.1) is 38.7 Å². The second kappa shape index (κ2) is 7.95. The summed E-state index contributed by atoms with van der Waals surface area (Å²) in [6.07, 6.45) is 1.10. The topological polar surface area (TPSA) is 110 Å². The van der Waals surface area contributed by atoms with Crippen LogP contribution < -0.4 is 5.32 Å². The number of rotatable bonds is 8. The molecular formula is C19H32N3O5S+. The van der Waals surface area contributed by atoms with Gasteiger partial charge in [-0.3, -0.25) is 4.79 Å². The van der Waals surface area contributed by atoms with E-state index in [0.717, 1.165) is 30.8 Å². The molecule has 3 aliphatic rings. The molecule has 2 fully saturated rings. The molecule has 0 bridgehead atoms. The molecule has 0 aromatic heterocycles. The lowest BCUT2D eigenvalue weighted by Crippen LogP contribution is -2.63. The standard InChI is InChI=1S/C19H31N3O5S/c1-10-15-14(11(2)24)18(25)21(15)16(19(26)27)17(10)28-13-7-12(20-8-13)5-6-22(3,4)9-23/h10-15,20,23-24H,5-9H2,1-4H3/p+1/t10-,11-,12+,13+,14-,15-/m1/s1. The maximum absolute atomic E-state index is 12.4. The number of nitrogens with zero attached hydrogens (tertiary/aromatic N) is 2. The molecule has 0 saturated carbocycles. The maximum Gasteiger partial charge on any atom is 0.353 e. The van der Waals surface area contributed by atoms with E-state index in [9.17, 15) is 24.9 Å². The molecule has 1 amide bonds. The largest absolute Gasteiger partial charge is 0.477 e. The number of nitrogens with one attached hydrogen (secondary N) is 1. The number of thioether (sulfide) groups is 1. The van der Waals surface area contributed by atoms with E-state index in [2.05, 4.69) is 5.32 Å². The Kier molecular flexibility index (Phi) is 6.12. The molecule has 6 atom stereocenters. The summed E-state index contributed by atoms with van der Waals surface area (Å²) in [5, 5.41) is 32.8. The summed E-state index contributed by atoms with van der Waals surface area (Å²) in [6, 6.07) is 0.0878. The third-order valence-corrected chi connectivity index (χ3v) is 7.76. The number of aliphatic hydroxyl groups excluding tert-OH is 2. The van der Waals surface area contributed by atoms with Gasteiger partial charge in [0.2, 0.25) is 5.91 Å². The Balaban J connectivity index is 1.67. The van der Waals surface area contributed by atoms with Crippen molar-refractivity contribution in [3.63, 3.8) is 0 Å². The van der Waals surface area contributed by atoms with Crippen molar-refractivity contribution in [3.05, 3.63) is 10.6 Å². The van der Waals surface area contributed by atoms with Crippen molar-refractivity contribution < 1.29 is 29.4 Å². The summed E-state index contributed by atoms with van der Waals surface area (Å²) < 4.78 is 0.556. The molecule has 0 spiro atoms. The molecule has 0 aromatic rings.